The zero-order chi connectivity index (χ0) is 19.9. The average molecular weight is 365 g/mol. The Bertz CT molecular complexity index is 769. The zero-order valence-corrected chi connectivity index (χ0v) is 19.3. The summed E-state index contributed by atoms with van der Waals surface area (Å²) in [5.74, 6) is 1.01. The summed E-state index contributed by atoms with van der Waals surface area (Å²) in [5, 5.41) is 0.204. The van der Waals surface area contributed by atoms with Crippen molar-refractivity contribution in [3.63, 3.8) is 0 Å². The highest BCUT2D eigenvalue weighted by Crippen LogP contribution is 2.37. The first kappa shape index (κ1) is 20.8. The highest BCUT2D eigenvalue weighted by atomic mass is 28.4. The van der Waals surface area contributed by atoms with Gasteiger partial charge in [0, 0.05) is 0 Å². The number of hydrogen-bond donors (Lipinski definition) is 0. The van der Waals surface area contributed by atoms with Crippen LogP contribution in [0.5, 0.6) is 5.75 Å². The van der Waals surface area contributed by atoms with Gasteiger partial charge in [-0.25, -0.2) is 0 Å². The van der Waals surface area contributed by atoms with E-state index in [0.29, 0.717) is 0 Å². The third-order valence-corrected chi connectivity index (χ3v) is 10.1. The third kappa shape index (κ3) is 4.43. The van der Waals surface area contributed by atoms with Crippen molar-refractivity contribution in [3.8, 4) is 5.75 Å². The number of benzene rings is 2. The molecular weight excluding hydrogens is 331 g/mol. The predicted molar refractivity (Wildman–Crippen MR) is 119 cm³/mol. The molecule has 0 atom stereocenters. The Morgan fingerprint density at radius 3 is 1.50 bits per heavy atom. The quantitative estimate of drug-likeness (QED) is 0.671. The molecule has 0 aliphatic rings. The van der Waals surface area contributed by atoms with Crippen LogP contribution in [-0.2, 0) is 0 Å². The van der Waals surface area contributed by atoms with E-state index in [1.54, 1.807) is 0 Å². The molecule has 1 radical (unpaired) electrons. The molecule has 2 rings (SSSR count). The molecule has 0 spiro atoms. The van der Waals surface area contributed by atoms with Gasteiger partial charge in [0.05, 0.1) is 0 Å². The molecule has 0 unspecified atom stereocenters. The van der Waals surface area contributed by atoms with Crippen LogP contribution in [0.2, 0.25) is 18.1 Å². The van der Waals surface area contributed by atoms with Crippen LogP contribution in [0, 0.1) is 34.6 Å². The van der Waals surface area contributed by atoms with Gasteiger partial charge in [0.1, 0.15) is 5.75 Å². The van der Waals surface area contributed by atoms with Crippen molar-refractivity contribution in [2.45, 2.75) is 73.5 Å². The monoisotopic (exact) mass is 365 g/mol. The Hall–Kier alpha value is -1.48. The number of hydrogen-bond acceptors (Lipinski definition) is 1. The topological polar surface area (TPSA) is 9.23 Å². The summed E-state index contributed by atoms with van der Waals surface area (Å²) in [6.45, 7) is 22.4. The second-order valence-corrected chi connectivity index (χ2v) is 14.0. The molecule has 3 heteroatoms. The van der Waals surface area contributed by atoms with Gasteiger partial charge in [0.15, 0.2) is 7.28 Å². The molecule has 2 aromatic carbocycles. The molecule has 0 amide bonds. The maximum Gasteiger partial charge on any atom is 0.250 e. The first-order valence-electron chi connectivity index (χ1n) is 9.54. The van der Waals surface area contributed by atoms with Crippen LogP contribution in [0.15, 0.2) is 24.3 Å². The van der Waals surface area contributed by atoms with Crippen molar-refractivity contribution in [2.75, 3.05) is 0 Å². The fraction of sp³-hybridized carbons (Fsp3) is 0.478. The van der Waals surface area contributed by atoms with Crippen LogP contribution in [0.25, 0.3) is 0 Å². The van der Waals surface area contributed by atoms with E-state index < -0.39 is 8.32 Å². The predicted octanol–water partition coefficient (Wildman–Crippen LogP) is 5.27. The van der Waals surface area contributed by atoms with E-state index in [1.807, 2.05) is 0 Å². The summed E-state index contributed by atoms with van der Waals surface area (Å²) in [5.41, 5.74) is 9.19. The normalized spacial score (nSPS) is 12.2. The minimum absolute atomic E-state index is 0.204. The molecule has 2 aromatic rings. The van der Waals surface area contributed by atoms with Gasteiger partial charge < -0.3 is 4.43 Å². The smallest absolute Gasteiger partial charge is 0.250 e. The average Bonchev–Trinajstić information content (AvgIpc) is 2.43. The molecule has 0 heterocycles. The van der Waals surface area contributed by atoms with E-state index in [1.165, 1.54) is 38.7 Å². The lowest BCUT2D eigenvalue weighted by atomic mass is 9.58. The van der Waals surface area contributed by atoms with Crippen molar-refractivity contribution in [1.82, 2.24) is 0 Å². The van der Waals surface area contributed by atoms with Gasteiger partial charge >= 0.3 is 0 Å². The summed E-state index contributed by atoms with van der Waals surface area (Å²) >= 11 is 0. The first-order chi connectivity index (χ1) is 11.8. The molecule has 0 aromatic heterocycles. The van der Waals surface area contributed by atoms with E-state index >= 15 is 0 Å². The SMILES string of the molecule is Cc1cc(C)c([B]c2c(C)cc(O[Si](C)(C)C(C)(C)C)cc2C)c(C)c1. The third-order valence-electron chi connectivity index (χ3n) is 5.77. The van der Waals surface area contributed by atoms with Crippen molar-refractivity contribution in [1.29, 1.82) is 0 Å². The van der Waals surface area contributed by atoms with Crippen molar-refractivity contribution < 1.29 is 4.43 Å². The molecule has 1 nitrogen and oxygen atoms in total. The lowest BCUT2D eigenvalue weighted by molar-refractivity contribution is 0.491. The first-order valence-corrected chi connectivity index (χ1v) is 12.5. The lowest BCUT2D eigenvalue weighted by Crippen LogP contribution is -2.44. The fourth-order valence-electron chi connectivity index (χ4n) is 3.23. The van der Waals surface area contributed by atoms with Crippen LogP contribution in [0.1, 0.15) is 48.6 Å². The summed E-state index contributed by atoms with van der Waals surface area (Å²) < 4.78 is 6.52. The van der Waals surface area contributed by atoms with Gasteiger partial charge in [-0.15, -0.1) is 0 Å². The molecule has 0 N–H and O–H groups in total. The second kappa shape index (κ2) is 7.27. The Labute approximate surface area is 162 Å². The van der Waals surface area contributed by atoms with Gasteiger partial charge in [-0.05, 0) is 64.9 Å². The summed E-state index contributed by atoms with van der Waals surface area (Å²) in [6, 6.07) is 8.94. The number of aryl methyl sites for hydroxylation is 5. The van der Waals surface area contributed by atoms with E-state index in [4.69, 9.17) is 4.43 Å². The van der Waals surface area contributed by atoms with E-state index in [0.717, 1.165) is 5.75 Å². The van der Waals surface area contributed by atoms with Crippen LogP contribution < -0.4 is 15.4 Å². The van der Waals surface area contributed by atoms with Gasteiger partial charge in [-0.2, -0.15) is 0 Å². The van der Waals surface area contributed by atoms with Crippen LogP contribution in [-0.4, -0.2) is 15.6 Å². The van der Waals surface area contributed by atoms with Crippen molar-refractivity contribution in [2.24, 2.45) is 0 Å². The maximum atomic E-state index is 6.52. The highest BCUT2D eigenvalue weighted by molar-refractivity contribution is 6.74. The Morgan fingerprint density at radius 2 is 1.12 bits per heavy atom. The summed E-state index contributed by atoms with van der Waals surface area (Å²) in [7, 11) is 0.521. The molecule has 26 heavy (non-hydrogen) atoms. The van der Waals surface area contributed by atoms with Gasteiger partial charge in [-0.1, -0.05) is 71.6 Å². The Morgan fingerprint density at radius 1 is 0.731 bits per heavy atom. The Balaban J connectivity index is 2.37. The molecule has 0 bridgehead atoms. The van der Waals surface area contributed by atoms with Gasteiger partial charge in [0.2, 0.25) is 8.32 Å². The van der Waals surface area contributed by atoms with Gasteiger partial charge in [-0.3, -0.25) is 0 Å². The molecule has 0 saturated heterocycles. The summed E-state index contributed by atoms with van der Waals surface area (Å²) in [6.07, 6.45) is 0. The van der Waals surface area contributed by atoms with E-state index in [9.17, 15) is 0 Å². The standard InChI is InChI=1S/C23H34BOSi/c1-15-11-16(2)21(17(3)12-15)24-22-18(4)13-20(14-19(22)5)25-26(9,10)23(6,7)8/h11-14H,1-10H3. The molecular formula is C23H34BOSi. The number of rotatable bonds is 4. The van der Waals surface area contributed by atoms with Crippen LogP contribution in [0.3, 0.4) is 0 Å². The molecule has 0 saturated carbocycles. The van der Waals surface area contributed by atoms with Crippen molar-refractivity contribution >= 4 is 26.5 Å². The van der Waals surface area contributed by atoms with Crippen molar-refractivity contribution in [3.05, 3.63) is 52.1 Å². The van der Waals surface area contributed by atoms with E-state index in [-0.39, 0.29) is 5.04 Å². The fourth-order valence-corrected chi connectivity index (χ4v) is 4.25. The molecule has 139 valence electrons. The van der Waals surface area contributed by atoms with E-state index in [2.05, 4.69) is 100 Å². The van der Waals surface area contributed by atoms with Crippen LogP contribution >= 0.6 is 0 Å². The molecule has 0 aliphatic heterocycles. The molecule has 0 fully saturated rings. The Kier molecular flexibility index (Phi) is 5.82. The maximum absolute atomic E-state index is 6.52. The largest absolute Gasteiger partial charge is 0.543 e. The minimum atomic E-state index is -1.82. The van der Waals surface area contributed by atoms with Crippen LogP contribution in [0.4, 0.5) is 0 Å². The molecule has 0 aliphatic carbocycles. The zero-order valence-electron chi connectivity index (χ0n) is 18.3. The minimum Gasteiger partial charge on any atom is -0.543 e. The highest BCUT2D eigenvalue weighted by Gasteiger charge is 2.39. The van der Waals surface area contributed by atoms with Gasteiger partial charge in [0.25, 0.3) is 0 Å². The second-order valence-electron chi connectivity index (χ2n) is 9.29. The lowest BCUT2D eigenvalue weighted by Gasteiger charge is -2.36. The summed E-state index contributed by atoms with van der Waals surface area (Å²) in [4.78, 5) is 0.